The number of benzene rings is 1. The molecule has 1 amide bonds. The Balaban J connectivity index is 1.92. The average molecular weight is 311 g/mol. The number of carbonyl (C=O) groups is 2. The summed E-state index contributed by atoms with van der Waals surface area (Å²) < 4.78 is 0. The summed E-state index contributed by atoms with van der Waals surface area (Å²) in [6.45, 7) is 1.74. The molecule has 2 aromatic rings. The first kappa shape index (κ1) is 15.5. The van der Waals surface area contributed by atoms with E-state index in [4.69, 9.17) is 4.98 Å². The molecule has 1 fully saturated rings. The molecule has 0 unspecified atom stereocenters. The maximum Gasteiger partial charge on any atom is 0.251 e. The van der Waals surface area contributed by atoms with Crippen molar-refractivity contribution in [3.63, 3.8) is 0 Å². The SMILES string of the molecule is CNC(=O)c1cc(N2CCC(CC=O)CC2)nc2ccccc12. The Labute approximate surface area is 135 Å². The zero-order chi connectivity index (χ0) is 16.2. The monoisotopic (exact) mass is 311 g/mol. The second-order valence-corrected chi connectivity index (χ2v) is 5.96. The van der Waals surface area contributed by atoms with Gasteiger partial charge in [-0.15, -0.1) is 0 Å². The largest absolute Gasteiger partial charge is 0.357 e. The minimum atomic E-state index is -0.0966. The predicted octanol–water partition coefficient (Wildman–Crippen LogP) is 2.40. The van der Waals surface area contributed by atoms with Crippen molar-refractivity contribution in [2.75, 3.05) is 25.0 Å². The van der Waals surface area contributed by atoms with Gasteiger partial charge in [-0.25, -0.2) is 4.98 Å². The van der Waals surface area contributed by atoms with Crippen molar-refractivity contribution in [2.24, 2.45) is 5.92 Å². The normalized spacial score (nSPS) is 15.6. The first-order chi connectivity index (χ1) is 11.2. The summed E-state index contributed by atoms with van der Waals surface area (Å²) in [5.74, 6) is 1.22. The Bertz CT molecular complexity index is 721. The van der Waals surface area contributed by atoms with Crippen molar-refractivity contribution >= 4 is 28.9 Å². The zero-order valence-corrected chi connectivity index (χ0v) is 13.3. The molecule has 1 N–H and O–H groups in total. The van der Waals surface area contributed by atoms with Crippen molar-refractivity contribution in [3.8, 4) is 0 Å². The molecule has 120 valence electrons. The molecular formula is C18H21N3O2. The first-order valence-corrected chi connectivity index (χ1v) is 8.03. The summed E-state index contributed by atoms with van der Waals surface area (Å²) in [5.41, 5.74) is 1.49. The molecule has 5 nitrogen and oxygen atoms in total. The van der Waals surface area contributed by atoms with E-state index in [1.807, 2.05) is 30.3 Å². The number of pyridine rings is 1. The lowest BCUT2D eigenvalue weighted by Gasteiger charge is -2.32. The lowest BCUT2D eigenvalue weighted by atomic mass is 9.94. The molecule has 2 heterocycles. The highest BCUT2D eigenvalue weighted by Crippen LogP contribution is 2.27. The molecule has 1 aromatic carbocycles. The fraction of sp³-hybridized carbons (Fsp3) is 0.389. The van der Waals surface area contributed by atoms with E-state index in [0.29, 0.717) is 17.9 Å². The van der Waals surface area contributed by atoms with Crippen LogP contribution in [0.4, 0.5) is 5.82 Å². The molecule has 1 aliphatic heterocycles. The number of nitrogens with one attached hydrogen (secondary N) is 1. The van der Waals surface area contributed by atoms with Gasteiger partial charge in [0.1, 0.15) is 12.1 Å². The van der Waals surface area contributed by atoms with Crippen LogP contribution < -0.4 is 10.2 Å². The molecule has 5 heteroatoms. The maximum absolute atomic E-state index is 12.2. The Kier molecular flexibility index (Phi) is 4.55. The standard InChI is InChI=1S/C18H21N3O2/c1-19-18(23)15-12-17(20-16-5-3-2-4-14(15)16)21-9-6-13(7-10-21)8-11-22/h2-5,11-13H,6-10H2,1H3,(H,19,23). The topological polar surface area (TPSA) is 62.3 Å². The van der Waals surface area contributed by atoms with Crippen LogP contribution in [0.3, 0.4) is 0 Å². The summed E-state index contributed by atoms with van der Waals surface area (Å²) in [6.07, 6.45) is 3.63. The highest BCUT2D eigenvalue weighted by molar-refractivity contribution is 6.06. The van der Waals surface area contributed by atoms with Crippen LogP contribution in [0.5, 0.6) is 0 Å². The summed E-state index contributed by atoms with van der Waals surface area (Å²) in [7, 11) is 1.64. The summed E-state index contributed by atoms with van der Waals surface area (Å²) >= 11 is 0. The van der Waals surface area contributed by atoms with E-state index >= 15 is 0 Å². The maximum atomic E-state index is 12.2. The summed E-state index contributed by atoms with van der Waals surface area (Å²) in [6, 6.07) is 9.59. The van der Waals surface area contributed by atoms with Crippen LogP contribution >= 0.6 is 0 Å². The molecule has 3 rings (SSSR count). The van der Waals surface area contributed by atoms with Crippen molar-refractivity contribution in [3.05, 3.63) is 35.9 Å². The van der Waals surface area contributed by atoms with Gasteiger partial charge in [-0.3, -0.25) is 4.79 Å². The van der Waals surface area contributed by atoms with Gasteiger partial charge in [0.05, 0.1) is 11.1 Å². The number of piperidine rings is 1. The van der Waals surface area contributed by atoms with Gasteiger partial charge >= 0.3 is 0 Å². The van der Waals surface area contributed by atoms with Gasteiger partial charge in [0.25, 0.3) is 5.91 Å². The lowest BCUT2D eigenvalue weighted by Crippen LogP contribution is -2.34. The number of nitrogens with zero attached hydrogens (tertiary/aromatic N) is 2. The molecule has 0 atom stereocenters. The first-order valence-electron chi connectivity index (χ1n) is 8.03. The molecule has 0 radical (unpaired) electrons. The highest BCUT2D eigenvalue weighted by Gasteiger charge is 2.21. The molecule has 1 saturated heterocycles. The molecule has 23 heavy (non-hydrogen) atoms. The van der Waals surface area contributed by atoms with Crippen LogP contribution in [0.25, 0.3) is 10.9 Å². The third-order valence-electron chi connectivity index (χ3n) is 4.54. The molecule has 1 aromatic heterocycles. The van der Waals surface area contributed by atoms with E-state index in [1.165, 1.54) is 0 Å². The van der Waals surface area contributed by atoms with Crippen LogP contribution in [0, 0.1) is 5.92 Å². The van der Waals surface area contributed by atoms with Gasteiger partial charge in [-0.05, 0) is 30.9 Å². The smallest absolute Gasteiger partial charge is 0.251 e. The number of para-hydroxylation sites is 1. The molecule has 0 aliphatic carbocycles. The number of fused-ring (bicyclic) bond motifs is 1. The van der Waals surface area contributed by atoms with Crippen molar-refractivity contribution in [1.29, 1.82) is 0 Å². The third-order valence-corrected chi connectivity index (χ3v) is 4.54. The van der Waals surface area contributed by atoms with Crippen LogP contribution in [0.2, 0.25) is 0 Å². The fourth-order valence-electron chi connectivity index (χ4n) is 3.18. The fourth-order valence-corrected chi connectivity index (χ4v) is 3.18. The Morgan fingerprint density at radius 2 is 2.09 bits per heavy atom. The van der Waals surface area contributed by atoms with Crippen molar-refractivity contribution in [2.45, 2.75) is 19.3 Å². The van der Waals surface area contributed by atoms with Gasteiger partial charge in [0.2, 0.25) is 0 Å². The average Bonchev–Trinajstić information content (AvgIpc) is 2.61. The minimum absolute atomic E-state index is 0.0966. The van der Waals surface area contributed by atoms with Gasteiger partial charge in [0.15, 0.2) is 0 Å². The van der Waals surface area contributed by atoms with Crippen LogP contribution in [0.1, 0.15) is 29.6 Å². The van der Waals surface area contributed by atoms with E-state index < -0.39 is 0 Å². The van der Waals surface area contributed by atoms with E-state index in [1.54, 1.807) is 7.05 Å². The summed E-state index contributed by atoms with van der Waals surface area (Å²) in [4.78, 5) is 29.8. The Hall–Kier alpha value is -2.43. The lowest BCUT2D eigenvalue weighted by molar-refractivity contribution is -0.108. The number of anilines is 1. The van der Waals surface area contributed by atoms with Crippen molar-refractivity contribution < 1.29 is 9.59 Å². The number of hydrogen-bond acceptors (Lipinski definition) is 4. The number of hydrogen-bond donors (Lipinski definition) is 1. The summed E-state index contributed by atoms with van der Waals surface area (Å²) in [5, 5.41) is 3.57. The predicted molar refractivity (Wildman–Crippen MR) is 90.8 cm³/mol. The second kappa shape index (κ2) is 6.77. The van der Waals surface area contributed by atoms with Gasteiger partial charge in [-0.1, -0.05) is 18.2 Å². The quantitative estimate of drug-likeness (QED) is 0.881. The molecule has 1 aliphatic rings. The van der Waals surface area contributed by atoms with E-state index in [-0.39, 0.29) is 5.91 Å². The van der Waals surface area contributed by atoms with E-state index in [0.717, 1.165) is 48.9 Å². The van der Waals surface area contributed by atoms with Crippen LogP contribution in [-0.2, 0) is 4.79 Å². The number of rotatable bonds is 4. The van der Waals surface area contributed by atoms with Crippen molar-refractivity contribution in [1.82, 2.24) is 10.3 Å². The molecule has 0 saturated carbocycles. The zero-order valence-electron chi connectivity index (χ0n) is 13.3. The number of aldehydes is 1. The Morgan fingerprint density at radius 1 is 1.35 bits per heavy atom. The Morgan fingerprint density at radius 3 is 2.78 bits per heavy atom. The highest BCUT2D eigenvalue weighted by atomic mass is 16.1. The minimum Gasteiger partial charge on any atom is -0.357 e. The molecule has 0 bridgehead atoms. The van der Waals surface area contributed by atoms with Gasteiger partial charge < -0.3 is 15.0 Å². The third kappa shape index (κ3) is 3.18. The van der Waals surface area contributed by atoms with E-state index in [9.17, 15) is 9.59 Å². The van der Waals surface area contributed by atoms with Gasteiger partial charge in [-0.2, -0.15) is 0 Å². The van der Waals surface area contributed by atoms with Gasteiger partial charge in [0, 0.05) is 31.9 Å². The van der Waals surface area contributed by atoms with Crippen LogP contribution in [0.15, 0.2) is 30.3 Å². The number of aromatic nitrogens is 1. The molecular weight excluding hydrogens is 290 g/mol. The second-order valence-electron chi connectivity index (χ2n) is 5.96. The number of carbonyl (C=O) groups excluding carboxylic acids is 2. The number of amides is 1. The van der Waals surface area contributed by atoms with Crippen LogP contribution in [-0.4, -0.2) is 37.3 Å². The van der Waals surface area contributed by atoms with E-state index in [2.05, 4.69) is 10.2 Å². The molecule has 0 spiro atoms.